The third-order valence-corrected chi connectivity index (χ3v) is 5.55. The second-order valence-corrected chi connectivity index (χ2v) is 7.58. The van der Waals surface area contributed by atoms with Gasteiger partial charge in [0.1, 0.15) is 22.0 Å². The first-order chi connectivity index (χ1) is 11.5. The number of nitrogens with one attached hydrogen (secondary N) is 1. The molecule has 0 bridgehead atoms. The third kappa shape index (κ3) is 3.73. The van der Waals surface area contributed by atoms with Gasteiger partial charge < -0.3 is 5.32 Å². The molecule has 0 aliphatic heterocycles. The number of carbonyl (C=O) groups is 1. The van der Waals surface area contributed by atoms with E-state index in [1.807, 2.05) is 25.3 Å². The maximum absolute atomic E-state index is 13.0. The molecule has 3 rings (SSSR count). The number of benzene rings is 1. The molecule has 0 aliphatic carbocycles. The van der Waals surface area contributed by atoms with Gasteiger partial charge in [0.25, 0.3) is 0 Å². The molecule has 2 aromatic heterocycles. The molecule has 2 atom stereocenters. The summed E-state index contributed by atoms with van der Waals surface area (Å²) in [7, 11) is 0. The molecule has 0 aliphatic rings. The lowest BCUT2D eigenvalue weighted by Gasteiger charge is -2.17. The molecule has 1 amide bonds. The first-order valence-electron chi connectivity index (χ1n) is 7.45. The number of thiophene rings is 1. The Morgan fingerprint density at radius 3 is 2.71 bits per heavy atom. The van der Waals surface area contributed by atoms with Crippen molar-refractivity contribution in [3.05, 3.63) is 53.4 Å². The molecule has 0 saturated carbocycles. The van der Waals surface area contributed by atoms with E-state index in [9.17, 15) is 9.18 Å². The molecule has 7 heteroatoms. The van der Waals surface area contributed by atoms with E-state index in [-0.39, 0.29) is 23.0 Å². The van der Waals surface area contributed by atoms with Gasteiger partial charge in [-0.1, -0.05) is 23.9 Å². The smallest absolute Gasteiger partial charge is 0.233 e. The van der Waals surface area contributed by atoms with E-state index in [4.69, 9.17) is 0 Å². The van der Waals surface area contributed by atoms with Crippen LogP contribution in [0.5, 0.6) is 0 Å². The van der Waals surface area contributed by atoms with Crippen molar-refractivity contribution in [1.82, 2.24) is 15.3 Å². The number of aromatic nitrogens is 2. The lowest BCUT2D eigenvalue weighted by atomic mass is 10.1. The molecule has 4 nitrogen and oxygen atoms in total. The van der Waals surface area contributed by atoms with Crippen LogP contribution in [0.3, 0.4) is 0 Å². The van der Waals surface area contributed by atoms with E-state index >= 15 is 0 Å². The summed E-state index contributed by atoms with van der Waals surface area (Å²) in [6, 6.07) is 7.92. The molecule has 2 heterocycles. The van der Waals surface area contributed by atoms with Gasteiger partial charge in [0.15, 0.2) is 0 Å². The summed E-state index contributed by atoms with van der Waals surface area (Å²) in [6.45, 7) is 3.72. The van der Waals surface area contributed by atoms with Crippen molar-refractivity contribution in [3.8, 4) is 0 Å². The Kier molecular flexibility index (Phi) is 5.11. The molecule has 0 radical (unpaired) electrons. The average molecular weight is 361 g/mol. The van der Waals surface area contributed by atoms with Gasteiger partial charge in [-0.3, -0.25) is 4.79 Å². The van der Waals surface area contributed by atoms with Crippen LogP contribution in [-0.4, -0.2) is 21.1 Å². The Morgan fingerprint density at radius 1 is 1.21 bits per heavy atom. The standard InChI is InChI=1S/C17H16FN3OS2/c1-10(12-3-5-13(18)6-4-12)21-15(22)11(2)24-17-14-7-8-23-16(14)19-9-20-17/h3-11H,1-2H3,(H,21,22)/t10-,11+/m1/s1. The number of rotatable bonds is 5. The van der Waals surface area contributed by atoms with Crippen molar-refractivity contribution >= 4 is 39.2 Å². The third-order valence-electron chi connectivity index (χ3n) is 3.61. The Morgan fingerprint density at radius 2 is 1.96 bits per heavy atom. The highest BCUT2D eigenvalue weighted by Gasteiger charge is 2.19. The summed E-state index contributed by atoms with van der Waals surface area (Å²) in [4.78, 5) is 21.8. The topological polar surface area (TPSA) is 54.9 Å². The molecule has 1 aromatic carbocycles. The van der Waals surface area contributed by atoms with Gasteiger partial charge in [-0.2, -0.15) is 0 Å². The van der Waals surface area contributed by atoms with Crippen LogP contribution in [0.1, 0.15) is 25.5 Å². The van der Waals surface area contributed by atoms with Gasteiger partial charge in [-0.05, 0) is 43.0 Å². The van der Waals surface area contributed by atoms with Crippen molar-refractivity contribution in [2.24, 2.45) is 0 Å². The molecular weight excluding hydrogens is 345 g/mol. The zero-order valence-electron chi connectivity index (χ0n) is 13.2. The summed E-state index contributed by atoms with van der Waals surface area (Å²) < 4.78 is 13.0. The van der Waals surface area contributed by atoms with E-state index in [2.05, 4.69) is 15.3 Å². The van der Waals surface area contributed by atoms with Gasteiger partial charge in [0.05, 0.1) is 11.3 Å². The molecule has 0 fully saturated rings. The minimum absolute atomic E-state index is 0.0844. The fourth-order valence-corrected chi connectivity index (χ4v) is 3.95. The minimum Gasteiger partial charge on any atom is -0.349 e. The fourth-order valence-electron chi connectivity index (χ4n) is 2.25. The highest BCUT2D eigenvalue weighted by molar-refractivity contribution is 8.00. The molecular formula is C17H16FN3OS2. The van der Waals surface area contributed by atoms with Crippen molar-refractivity contribution in [2.45, 2.75) is 30.2 Å². The van der Waals surface area contributed by atoms with E-state index in [1.165, 1.54) is 30.2 Å². The number of nitrogens with zero attached hydrogens (tertiary/aromatic N) is 2. The fraction of sp³-hybridized carbons (Fsp3) is 0.235. The quantitative estimate of drug-likeness (QED) is 0.547. The Bertz CT molecular complexity index is 850. The highest BCUT2D eigenvalue weighted by Crippen LogP contribution is 2.30. The predicted octanol–water partition coefficient (Wildman–Crippen LogP) is 4.19. The SMILES string of the molecule is C[C@H](Sc1ncnc2sccc12)C(=O)N[C@H](C)c1ccc(F)cc1. The van der Waals surface area contributed by atoms with E-state index in [0.29, 0.717) is 0 Å². The predicted molar refractivity (Wildman–Crippen MR) is 95.7 cm³/mol. The van der Waals surface area contributed by atoms with Gasteiger partial charge >= 0.3 is 0 Å². The lowest BCUT2D eigenvalue weighted by molar-refractivity contribution is -0.120. The summed E-state index contributed by atoms with van der Waals surface area (Å²) in [5, 5.41) is 6.39. The normalized spacial score (nSPS) is 13.6. The maximum Gasteiger partial charge on any atom is 0.233 e. The lowest BCUT2D eigenvalue weighted by Crippen LogP contribution is -2.33. The Balaban J connectivity index is 1.66. The number of carbonyl (C=O) groups excluding carboxylic acids is 1. The second kappa shape index (κ2) is 7.27. The summed E-state index contributed by atoms with van der Waals surface area (Å²) in [5.41, 5.74) is 0.865. The van der Waals surface area contributed by atoms with Crippen LogP contribution in [0.25, 0.3) is 10.2 Å². The summed E-state index contributed by atoms with van der Waals surface area (Å²) >= 11 is 2.96. The van der Waals surface area contributed by atoms with E-state index in [0.717, 1.165) is 20.8 Å². The number of thioether (sulfide) groups is 1. The average Bonchev–Trinajstić information content (AvgIpc) is 3.05. The van der Waals surface area contributed by atoms with Crippen LogP contribution in [0.4, 0.5) is 4.39 Å². The van der Waals surface area contributed by atoms with Gasteiger partial charge in [0.2, 0.25) is 5.91 Å². The molecule has 3 aromatic rings. The van der Waals surface area contributed by atoms with Crippen LogP contribution in [0.2, 0.25) is 0 Å². The summed E-state index contributed by atoms with van der Waals surface area (Å²) in [6.07, 6.45) is 1.52. The molecule has 124 valence electrons. The first-order valence-corrected chi connectivity index (χ1v) is 9.21. The van der Waals surface area contributed by atoms with Crippen LogP contribution >= 0.6 is 23.1 Å². The Labute approximate surface area is 147 Å². The number of hydrogen-bond donors (Lipinski definition) is 1. The molecule has 1 N–H and O–H groups in total. The van der Waals surface area contributed by atoms with Crippen molar-refractivity contribution in [2.75, 3.05) is 0 Å². The van der Waals surface area contributed by atoms with Gasteiger partial charge in [-0.15, -0.1) is 11.3 Å². The van der Waals surface area contributed by atoms with E-state index in [1.54, 1.807) is 23.5 Å². The molecule has 24 heavy (non-hydrogen) atoms. The van der Waals surface area contributed by atoms with Crippen molar-refractivity contribution in [3.63, 3.8) is 0 Å². The van der Waals surface area contributed by atoms with Crippen LogP contribution in [0, 0.1) is 5.82 Å². The van der Waals surface area contributed by atoms with Gasteiger partial charge in [-0.25, -0.2) is 14.4 Å². The van der Waals surface area contributed by atoms with Crippen molar-refractivity contribution in [1.29, 1.82) is 0 Å². The maximum atomic E-state index is 13.0. The van der Waals surface area contributed by atoms with Crippen LogP contribution < -0.4 is 5.32 Å². The Hall–Kier alpha value is -1.99. The number of hydrogen-bond acceptors (Lipinski definition) is 5. The number of halogens is 1. The highest BCUT2D eigenvalue weighted by atomic mass is 32.2. The summed E-state index contributed by atoms with van der Waals surface area (Å²) in [5.74, 6) is -0.372. The van der Waals surface area contributed by atoms with Crippen molar-refractivity contribution < 1.29 is 9.18 Å². The second-order valence-electron chi connectivity index (χ2n) is 5.36. The zero-order chi connectivity index (χ0) is 17.1. The molecule has 0 unspecified atom stereocenters. The first kappa shape index (κ1) is 16.9. The van der Waals surface area contributed by atoms with Crippen LogP contribution in [0.15, 0.2) is 47.1 Å². The molecule has 0 spiro atoms. The largest absolute Gasteiger partial charge is 0.349 e. The zero-order valence-corrected chi connectivity index (χ0v) is 14.8. The molecule has 0 saturated heterocycles. The monoisotopic (exact) mass is 361 g/mol. The van der Waals surface area contributed by atoms with Crippen LogP contribution in [-0.2, 0) is 4.79 Å². The number of fused-ring (bicyclic) bond motifs is 1. The minimum atomic E-state index is -0.300. The number of amides is 1. The van der Waals surface area contributed by atoms with E-state index < -0.39 is 0 Å². The van der Waals surface area contributed by atoms with Gasteiger partial charge in [0, 0.05) is 5.39 Å².